The number of aryl methyl sites for hydroxylation is 1. The van der Waals surface area contributed by atoms with Gasteiger partial charge in [0.05, 0.1) is 0 Å². The van der Waals surface area contributed by atoms with Crippen molar-refractivity contribution in [3.05, 3.63) is 28.8 Å². The summed E-state index contributed by atoms with van der Waals surface area (Å²) in [5.74, 6) is -0.248. The topological polar surface area (TPSA) is 67.4 Å². The fourth-order valence-corrected chi connectivity index (χ4v) is 2.32. The molecule has 0 saturated carbocycles. The molecule has 0 aromatic heterocycles. The SMILES string of the molecule is CC(C)(C)OC(=O)N[C@@H]1CCc2cc(Cl)ccc2NC1=O. The summed E-state index contributed by atoms with van der Waals surface area (Å²) in [7, 11) is 0. The lowest BCUT2D eigenvalue weighted by molar-refractivity contribution is -0.118. The fourth-order valence-electron chi connectivity index (χ4n) is 2.13. The number of hydrogen-bond acceptors (Lipinski definition) is 3. The molecule has 2 rings (SSSR count). The molecule has 6 heteroatoms. The van der Waals surface area contributed by atoms with Crippen LogP contribution in [0.5, 0.6) is 0 Å². The molecule has 2 amide bonds. The number of carbonyl (C=O) groups is 2. The molecule has 0 unspecified atom stereocenters. The van der Waals surface area contributed by atoms with Gasteiger partial charge in [-0.05, 0) is 57.4 Å². The first-order chi connectivity index (χ1) is 9.74. The predicted octanol–water partition coefficient (Wildman–Crippen LogP) is 3.12. The van der Waals surface area contributed by atoms with Crippen LogP contribution >= 0.6 is 11.6 Å². The Balaban J connectivity index is 2.05. The van der Waals surface area contributed by atoms with Crippen molar-refractivity contribution in [3.8, 4) is 0 Å². The Morgan fingerprint density at radius 3 is 2.81 bits per heavy atom. The second-order valence-electron chi connectivity index (χ2n) is 6.03. The molecule has 0 radical (unpaired) electrons. The van der Waals surface area contributed by atoms with E-state index < -0.39 is 17.7 Å². The van der Waals surface area contributed by atoms with Gasteiger partial charge in [0.15, 0.2) is 0 Å². The smallest absolute Gasteiger partial charge is 0.408 e. The zero-order chi connectivity index (χ0) is 15.6. The van der Waals surface area contributed by atoms with Crippen molar-refractivity contribution in [2.45, 2.75) is 45.3 Å². The van der Waals surface area contributed by atoms with Crippen LogP contribution in [0.15, 0.2) is 18.2 Å². The number of benzene rings is 1. The number of carbonyl (C=O) groups excluding carboxylic acids is 2. The number of halogens is 1. The molecule has 2 N–H and O–H groups in total. The highest BCUT2D eigenvalue weighted by Gasteiger charge is 2.27. The summed E-state index contributed by atoms with van der Waals surface area (Å²) in [6, 6.07) is 4.70. The average Bonchev–Trinajstić information content (AvgIpc) is 2.48. The van der Waals surface area contributed by atoms with Crippen LogP contribution in [0, 0.1) is 0 Å². The minimum atomic E-state index is -0.619. The van der Waals surface area contributed by atoms with Gasteiger partial charge in [0.2, 0.25) is 5.91 Å². The van der Waals surface area contributed by atoms with Gasteiger partial charge in [-0.1, -0.05) is 11.6 Å². The third-order valence-corrected chi connectivity index (χ3v) is 3.27. The van der Waals surface area contributed by atoms with E-state index in [9.17, 15) is 9.59 Å². The lowest BCUT2D eigenvalue weighted by atomic mass is 10.1. The molecular weight excluding hydrogens is 292 g/mol. The van der Waals surface area contributed by atoms with Crippen molar-refractivity contribution in [3.63, 3.8) is 0 Å². The lowest BCUT2D eigenvalue weighted by Crippen LogP contribution is -2.45. The molecule has 0 fully saturated rings. The molecule has 114 valence electrons. The summed E-state index contributed by atoms with van der Waals surface area (Å²) >= 11 is 5.96. The number of alkyl carbamates (subject to hydrolysis) is 1. The highest BCUT2D eigenvalue weighted by Crippen LogP contribution is 2.25. The number of anilines is 1. The van der Waals surface area contributed by atoms with Crippen LogP contribution in [0.2, 0.25) is 5.02 Å². The van der Waals surface area contributed by atoms with Crippen LogP contribution in [0.4, 0.5) is 10.5 Å². The van der Waals surface area contributed by atoms with Crippen LogP contribution in [0.1, 0.15) is 32.8 Å². The minimum absolute atomic E-state index is 0.248. The first kappa shape index (κ1) is 15.6. The van der Waals surface area contributed by atoms with Gasteiger partial charge in [-0.15, -0.1) is 0 Å². The molecule has 0 aliphatic carbocycles. The third kappa shape index (κ3) is 4.36. The quantitative estimate of drug-likeness (QED) is 0.837. The molecule has 21 heavy (non-hydrogen) atoms. The lowest BCUT2D eigenvalue weighted by Gasteiger charge is -2.22. The maximum absolute atomic E-state index is 12.1. The average molecular weight is 311 g/mol. The number of hydrogen-bond donors (Lipinski definition) is 2. The van der Waals surface area contributed by atoms with Crippen molar-refractivity contribution < 1.29 is 14.3 Å². The van der Waals surface area contributed by atoms with Gasteiger partial charge < -0.3 is 15.4 Å². The van der Waals surface area contributed by atoms with E-state index in [1.807, 2.05) is 6.07 Å². The van der Waals surface area contributed by atoms with Crippen molar-refractivity contribution in [1.82, 2.24) is 5.32 Å². The predicted molar refractivity (Wildman–Crippen MR) is 81.6 cm³/mol. The molecule has 1 heterocycles. The second kappa shape index (κ2) is 5.93. The number of rotatable bonds is 1. The maximum atomic E-state index is 12.1. The van der Waals surface area contributed by atoms with Gasteiger partial charge in [-0.25, -0.2) is 4.79 Å². The van der Waals surface area contributed by atoms with E-state index in [1.165, 1.54) is 0 Å². The van der Waals surface area contributed by atoms with E-state index in [-0.39, 0.29) is 5.91 Å². The summed E-state index contributed by atoms with van der Waals surface area (Å²) in [5, 5.41) is 6.03. The van der Waals surface area contributed by atoms with Gasteiger partial charge in [-0.3, -0.25) is 4.79 Å². The van der Waals surface area contributed by atoms with E-state index in [4.69, 9.17) is 16.3 Å². The Hall–Kier alpha value is -1.75. The summed E-state index contributed by atoms with van der Waals surface area (Å²) in [6.07, 6.45) is 0.555. The van der Waals surface area contributed by atoms with Gasteiger partial charge in [0, 0.05) is 10.7 Å². The van der Waals surface area contributed by atoms with Crippen molar-refractivity contribution >= 4 is 29.3 Å². The van der Waals surface area contributed by atoms with E-state index in [0.29, 0.717) is 17.9 Å². The Bertz CT molecular complexity index is 567. The van der Waals surface area contributed by atoms with Crippen LogP contribution in [0.25, 0.3) is 0 Å². The van der Waals surface area contributed by atoms with Gasteiger partial charge >= 0.3 is 6.09 Å². The van der Waals surface area contributed by atoms with Gasteiger partial charge in [-0.2, -0.15) is 0 Å². The first-order valence-corrected chi connectivity index (χ1v) is 7.21. The molecule has 1 atom stereocenters. The second-order valence-corrected chi connectivity index (χ2v) is 6.46. The fraction of sp³-hybridized carbons (Fsp3) is 0.467. The normalized spacial score (nSPS) is 18.3. The molecule has 1 aromatic rings. The first-order valence-electron chi connectivity index (χ1n) is 6.83. The summed E-state index contributed by atoms with van der Waals surface area (Å²) in [5.41, 5.74) is 1.10. The van der Waals surface area contributed by atoms with Crippen molar-refractivity contribution in [2.24, 2.45) is 0 Å². The van der Waals surface area contributed by atoms with E-state index >= 15 is 0 Å². The van der Waals surface area contributed by atoms with Crippen LogP contribution in [-0.4, -0.2) is 23.6 Å². The molecule has 0 bridgehead atoms. The minimum Gasteiger partial charge on any atom is -0.444 e. The molecule has 0 spiro atoms. The van der Waals surface area contributed by atoms with Crippen LogP contribution in [-0.2, 0) is 16.0 Å². The van der Waals surface area contributed by atoms with E-state index in [1.54, 1.807) is 32.9 Å². The van der Waals surface area contributed by atoms with Crippen LogP contribution < -0.4 is 10.6 Å². The molecule has 0 saturated heterocycles. The zero-order valence-corrected chi connectivity index (χ0v) is 13.1. The number of ether oxygens (including phenoxy) is 1. The summed E-state index contributed by atoms with van der Waals surface area (Å²) < 4.78 is 5.17. The standard InChI is InChI=1S/C15H19ClN2O3/c1-15(2,3)21-14(20)18-12-6-4-9-8-10(16)5-7-11(9)17-13(12)19/h5,7-8,12H,4,6H2,1-3H3,(H,17,19)(H,18,20)/t12-/m1/s1. The van der Waals surface area contributed by atoms with Gasteiger partial charge in [0.1, 0.15) is 11.6 Å². The molecule has 1 aliphatic heterocycles. The monoisotopic (exact) mass is 310 g/mol. The highest BCUT2D eigenvalue weighted by atomic mass is 35.5. The molecular formula is C15H19ClN2O3. The molecule has 1 aliphatic rings. The Labute approximate surface area is 129 Å². The third-order valence-electron chi connectivity index (χ3n) is 3.03. The number of nitrogens with one attached hydrogen (secondary N) is 2. The van der Waals surface area contributed by atoms with Crippen molar-refractivity contribution in [2.75, 3.05) is 5.32 Å². The van der Waals surface area contributed by atoms with E-state index in [0.717, 1.165) is 11.3 Å². The molecule has 1 aromatic carbocycles. The maximum Gasteiger partial charge on any atom is 0.408 e. The summed E-state index contributed by atoms with van der Waals surface area (Å²) in [6.45, 7) is 5.33. The van der Waals surface area contributed by atoms with Crippen molar-refractivity contribution in [1.29, 1.82) is 0 Å². The Kier molecular flexibility index (Phi) is 4.42. The largest absolute Gasteiger partial charge is 0.444 e. The number of amides is 2. The Morgan fingerprint density at radius 2 is 2.14 bits per heavy atom. The van der Waals surface area contributed by atoms with E-state index in [2.05, 4.69) is 10.6 Å². The highest BCUT2D eigenvalue weighted by molar-refractivity contribution is 6.30. The molecule has 5 nitrogen and oxygen atoms in total. The zero-order valence-electron chi connectivity index (χ0n) is 12.3. The summed E-state index contributed by atoms with van der Waals surface area (Å²) in [4.78, 5) is 23.9. The van der Waals surface area contributed by atoms with Gasteiger partial charge in [0.25, 0.3) is 0 Å². The Morgan fingerprint density at radius 1 is 1.43 bits per heavy atom. The number of fused-ring (bicyclic) bond motifs is 1. The van der Waals surface area contributed by atoms with Crippen LogP contribution in [0.3, 0.4) is 0 Å².